The molecule has 2 fully saturated rings. The minimum atomic E-state index is -0.656. The molecular weight excluding hydrogens is 781 g/mol. The number of esters is 1. The summed E-state index contributed by atoms with van der Waals surface area (Å²) in [6.07, 6.45) is 4.03. The zero-order valence-corrected chi connectivity index (χ0v) is 34.0. The quantitative estimate of drug-likeness (QED) is 0.0464. The van der Waals surface area contributed by atoms with Crippen LogP contribution in [-0.4, -0.2) is 66.0 Å². The van der Waals surface area contributed by atoms with E-state index in [2.05, 4.69) is 27.1 Å². The molecule has 0 atom stereocenters. The van der Waals surface area contributed by atoms with Gasteiger partial charge in [-0.2, -0.15) is 0 Å². The summed E-state index contributed by atoms with van der Waals surface area (Å²) in [7, 11) is 1.26. The number of hydrazine groups is 1. The first-order valence-electron chi connectivity index (χ1n) is 18.9. The Kier molecular flexibility index (Phi) is 20.2. The fourth-order valence-corrected chi connectivity index (χ4v) is 5.77. The second-order valence-corrected chi connectivity index (χ2v) is 13.9. The van der Waals surface area contributed by atoms with Crippen LogP contribution in [-0.2, 0) is 27.2 Å². The number of carbonyl (C=O) groups excluding carboxylic acids is 6. The topological polar surface area (TPSA) is 266 Å². The van der Waals surface area contributed by atoms with Crippen LogP contribution in [0.3, 0.4) is 0 Å². The Balaban J connectivity index is 0.000000368. The number of Topliss-reactive ketones (excluding diaryl/α,β-unsaturated/α-hetero) is 3. The fourth-order valence-electron chi connectivity index (χ4n) is 5.77. The van der Waals surface area contributed by atoms with Crippen molar-refractivity contribution in [1.29, 1.82) is 0 Å². The Labute approximate surface area is 347 Å². The van der Waals surface area contributed by atoms with E-state index < -0.39 is 29.4 Å². The van der Waals surface area contributed by atoms with Gasteiger partial charge in [-0.05, 0) is 123 Å². The molecule has 0 saturated heterocycles. The summed E-state index contributed by atoms with van der Waals surface area (Å²) in [6, 6.07) is 17.9. The number of aliphatic hydroxyl groups is 1. The van der Waals surface area contributed by atoms with Crippen molar-refractivity contribution in [3.8, 4) is 0 Å². The minimum Gasteiger partial charge on any atom is -0.465 e. The predicted molar refractivity (Wildman–Crippen MR) is 223 cm³/mol. The van der Waals surface area contributed by atoms with Crippen molar-refractivity contribution in [2.75, 3.05) is 30.9 Å². The number of anilines is 2. The van der Waals surface area contributed by atoms with Crippen LogP contribution in [0.1, 0.15) is 96.3 Å². The standard InChI is InChI=1S/C21H21FN2O3.C21H20FNO4.C2H6O.H4N2.H2O/c1-12-7-18(22)17(9-15(12)10-19(25)13-5-6-13)21(27)24-16-4-2-3-14(8-16)20(26)11-23;1-12-8-18(22)17(10-15(12)11-19(24)13-6-7-13)20(25)23-16-5-3-4-14(9-16)21(26)27-2;1-2-3;1-2;/h2-4,7-9,13H,5-6,10-11,23H2,1H3,(H,24,27);3-5,8-10,13H,6-7,11H2,1-2H3,(H,23,25);3H,2H2,1H3;1-2H2;1H2. The summed E-state index contributed by atoms with van der Waals surface area (Å²) >= 11 is 0. The van der Waals surface area contributed by atoms with Gasteiger partial charge in [0.25, 0.3) is 11.8 Å². The fraction of sp³-hybridized carbons (Fsp3) is 0.318. The summed E-state index contributed by atoms with van der Waals surface area (Å²) < 4.78 is 33.3. The van der Waals surface area contributed by atoms with Crippen LogP contribution in [0.4, 0.5) is 20.2 Å². The molecule has 6 rings (SSSR count). The highest BCUT2D eigenvalue weighted by molar-refractivity contribution is 6.06. The molecule has 0 aromatic heterocycles. The van der Waals surface area contributed by atoms with Gasteiger partial charge >= 0.3 is 5.97 Å². The van der Waals surface area contributed by atoms with Gasteiger partial charge in [-0.3, -0.25) is 35.7 Å². The van der Waals surface area contributed by atoms with Crippen molar-refractivity contribution in [3.63, 3.8) is 0 Å². The Hall–Kier alpha value is -6.04. The number of aryl methyl sites for hydroxylation is 2. The maximum Gasteiger partial charge on any atom is 0.337 e. The van der Waals surface area contributed by atoms with E-state index in [9.17, 15) is 37.5 Å². The number of methoxy groups -OCH3 is 1. The van der Waals surface area contributed by atoms with Gasteiger partial charge in [0.2, 0.25) is 0 Å². The minimum absolute atomic E-state index is 0. The van der Waals surface area contributed by atoms with E-state index in [1.807, 2.05) is 0 Å². The number of benzene rings is 4. The molecule has 0 aliphatic heterocycles. The lowest BCUT2D eigenvalue weighted by Gasteiger charge is -2.11. The lowest BCUT2D eigenvalue weighted by molar-refractivity contribution is -0.120. The molecule has 4 aromatic carbocycles. The van der Waals surface area contributed by atoms with Gasteiger partial charge in [0.05, 0.1) is 30.3 Å². The highest BCUT2D eigenvalue weighted by Crippen LogP contribution is 2.33. The van der Waals surface area contributed by atoms with E-state index in [-0.39, 0.29) is 77.3 Å². The summed E-state index contributed by atoms with van der Waals surface area (Å²) in [5.74, 6) is 5.09. The molecule has 2 saturated carbocycles. The van der Waals surface area contributed by atoms with E-state index in [1.165, 1.54) is 43.5 Å². The third-order valence-corrected chi connectivity index (χ3v) is 9.30. The maximum absolute atomic E-state index is 14.3. The van der Waals surface area contributed by atoms with E-state index in [0.717, 1.165) is 25.7 Å². The van der Waals surface area contributed by atoms with Crippen molar-refractivity contribution < 1.29 is 52.9 Å². The lowest BCUT2D eigenvalue weighted by atomic mass is 9.98. The number of rotatable bonds is 13. The number of hydrogen-bond donors (Lipinski definition) is 6. The smallest absolute Gasteiger partial charge is 0.337 e. The van der Waals surface area contributed by atoms with Crippen LogP contribution >= 0.6 is 0 Å². The van der Waals surface area contributed by atoms with Crippen LogP contribution in [0.15, 0.2) is 72.8 Å². The molecule has 0 heterocycles. The van der Waals surface area contributed by atoms with Gasteiger partial charge in [0, 0.05) is 48.2 Å². The van der Waals surface area contributed by atoms with E-state index in [1.54, 1.807) is 57.2 Å². The van der Waals surface area contributed by atoms with Crippen molar-refractivity contribution in [2.45, 2.75) is 59.3 Å². The van der Waals surface area contributed by atoms with Crippen LogP contribution < -0.4 is 28.1 Å². The second kappa shape index (κ2) is 24.1. The zero-order valence-electron chi connectivity index (χ0n) is 34.0. The van der Waals surface area contributed by atoms with Crippen LogP contribution in [0, 0.1) is 37.3 Å². The van der Waals surface area contributed by atoms with Crippen molar-refractivity contribution in [3.05, 3.63) is 129 Å². The second-order valence-electron chi connectivity index (χ2n) is 13.9. The van der Waals surface area contributed by atoms with Crippen molar-refractivity contribution in [1.82, 2.24) is 0 Å². The van der Waals surface area contributed by atoms with Gasteiger partial charge in [-0.15, -0.1) is 0 Å². The molecule has 4 aromatic rings. The molecule has 14 nitrogen and oxygen atoms in total. The number of halogens is 2. The number of hydrogen-bond acceptors (Lipinski definition) is 11. The maximum atomic E-state index is 14.3. The molecule has 0 unspecified atom stereocenters. The van der Waals surface area contributed by atoms with Gasteiger partial charge in [-0.1, -0.05) is 18.2 Å². The molecular formula is C44H53F2N5O9. The summed E-state index contributed by atoms with van der Waals surface area (Å²) in [5.41, 5.74) is 9.05. The zero-order chi connectivity index (χ0) is 43.8. The van der Waals surface area contributed by atoms with Gasteiger partial charge in [0.1, 0.15) is 23.2 Å². The van der Waals surface area contributed by atoms with Gasteiger partial charge < -0.3 is 31.7 Å². The van der Waals surface area contributed by atoms with Gasteiger partial charge in [-0.25, -0.2) is 13.6 Å². The number of ketones is 3. The Morgan fingerprint density at radius 3 is 1.45 bits per heavy atom. The van der Waals surface area contributed by atoms with Crippen molar-refractivity contribution in [2.24, 2.45) is 29.3 Å². The SMILES string of the molecule is CCO.COC(=O)c1cccc(NC(=O)c2cc(CC(=O)C3CC3)c(C)cc2F)c1.Cc1cc(F)c(C(=O)Nc2cccc(C(=O)CN)c2)cc1CC(=O)C1CC1.NN.O. The normalized spacial score (nSPS) is 12.3. The average molecular weight is 834 g/mol. The van der Waals surface area contributed by atoms with E-state index >= 15 is 0 Å². The first-order chi connectivity index (χ1) is 28.2. The molecule has 0 radical (unpaired) electrons. The average Bonchev–Trinajstić information content (AvgIpc) is 4.15. The predicted octanol–water partition coefficient (Wildman–Crippen LogP) is 4.74. The molecule has 60 heavy (non-hydrogen) atoms. The Morgan fingerprint density at radius 2 is 1.08 bits per heavy atom. The Bertz CT molecular complexity index is 2020. The molecule has 322 valence electrons. The lowest BCUT2D eigenvalue weighted by Crippen LogP contribution is -2.17. The molecule has 16 heteroatoms. The summed E-state index contributed by atoms with van der Waals surface area (Å²) in [5, 5.41) is 12.7. The molecule has 0 spiro atoms. The van der Waals surface area contributed by atoms with E-state index in [4.69, 9.17) is 10.8 Å². The molecule has 2 aliphatic carbocycles. The number of ether oxygens (including phenoxy) is 1. The van der Waals surface area contributed by atoms with Crippen LogP contribution in [0.25, 0.3) is 0 Å². The Morgan fingerprint density at radius 1 is 0.700 bits per heavy atom. The third-order valence-electron chi connectivity index (χ3n) is 9.30. The van der Waals surface area contributed by atoms with E-state index in [0.29, 0.717) is 39.2 Å². The molecule has 2 amide bonds. The highest BCUT2D eigenvalue weighted by atomic mass is 19.1. The number of nitrogens with one attached hydrogen (secondary N) is 2. The highest BCUT2D eigenvalue weighted by Gasteiger charge is 2.31. The van der Waals surface area contributed by atoms with Crippen molar-refractivity contribution >= 4 is 46.5 Å². The van der Waals surface area contributed by atoms with Crippen LogP contribution in [0.2, 0.25) is 0 Å². The van der Waals surface area contributed by atoms with Crippen LogP contribution in [0.5, 0.6) is 0 Å². The largest absolute Gasteiger partial charge is 0.465 e. The molecule has 2 aliphatic rings. The number of amides is 2. The summed E-state index contributed by atoms with van der Waals surface area (Å²) in [4.78, 5) is 72.5. The monoisotopic (exact) mass is 833 g/mol. The number of carbonyl (C=O) groups is 6. The number of nitrogens with two attached hydrogens (primary N) is 3. The third kappa shape index (κ3) is 14.7. The summed E-state index contributed by atoms with van der Waals surface area (Å²) in [6.45, 7) is 5.24. The molecule has 0 bridgehead atoms. The van der Waals surface area contributed by atoms with Gasteiger partial charge in [0.15, 0.2) is 5.78 Å². The number of aliphatic hydroxyl groups excluding tert-OH is 1. The molecule has 11 N–H and O–H groups in total. The first-order valence-corrected chi connectivity index (χ1v) is 18.9. The first kappa shape index (κ1) is 50.1.